The zero-order valence-corrected chi connectivity index (χ0v) is 37.4. The fourth-order valence-electron chi connectivity index (χ4n) is 9.10. The molecule has 16 nitrogen and oxygen atoms in total. The Morgan fingerprint density at radius 1 is 0.948 bits per heavy atom. The van der Waals surface area contributed by atoms with Gasteiger partial charge in [0.1, 0.15) is 36.3 Å². The van der Waals surface area contributed by atoms with Crippen molar-refractivity contribution in [2.75, 3.05) is 27.8 Å². The van der Waals surface area contributed by atoms with Gasteiger partial charge in [0.2, 0.25) is 0 Å². The molecular weight excluding hydrogens is 756 g/mol. The van der Waals surface area contributed by atoms with E-state index in [0.29, 0.717) is 25.0 Å². The summed E-state index contributed by atoms with van der Waals surface area (Å²) in [5.41, 5.74) is -4.48. The van der Waals surface area contributed by atoms with Gasteiger partial charge in [-0.3, -0.25) is 4.79 Å². The number of rotatable bonds is 12. The third kappa shape index (κ3) is 12.0. The summed E-state index contributed by atoms with van der Waals surface area (Å²) in [6.45, 7) is 18.5. The topological polar surface area (TPSA) is 215 Å². The number of hydrogen-bond donors (Lipinski definition) is 5. The molecule has 0 bridgehead atoms. The number of ether oxygens (including phenoxy) is 6. The second kappa shape index (κ2) is 20.8. The summed E-state index contributed by atoms with van der Waals surface area (Å²) in [4.78, 5) is 33.5. The first-order valence-electron chi connectivity index (χ1n) is 21.0. The van der Waals surface area contributed by atoms with Crippen LogP contribution in [0.5, 0.6) is 0 Å². The largest absolute Gasteiger partial charge is 0.459 e. The fraction of sp³-hybridized carbons (Fsp3) is 0.929. The van der Waals surface area contributed by atoms with E-state index in [0.717, 1.165) is 0 Å². The zero-order valence-electron chi connectivity index (χ0n) is 37.4. The molecule has 3 fully saturated rings. The Labute approximate surface area is 345 Å². The Kier molecular flexibility index (Phi) is 18.1. The summed E-state index contributed by atoms with van der Waals surface area (Å²) < 4.78 is 37.6. The van der Waals surface area contributed by atoms with Gasteiger partial charge < -0.3 is 68.5 Å². The molecule has 3 heterocycles. The van der Waals surface area contributed by atoms with Crippen molar-refractivity contribution in [3.05, 3.63) is 0 Å². The van der Waals surface area contributed by atoms with E-state index in [-0.39, 0.29) is 43.8 Å². The Bertz CT molecular complexity index is 1360. The molecule has 2 unspecified atom stereocenters. The summed E-state index contributed by atoms with van der Waals surface area (Å²) in [6, 6.07) is -0.331. The molecule has 0 radical (unpaired) electrons. The lowest BCUT2D eigenvalue weighted by molar-refractivity contribution is -0.317. The van der Waals surface area contributed by atoms with Gasteiger partial charge in [0.15, 0.2) is 12.6 Å². The molecule has 0 spiro atoms. The molecule has 18 atom stereocenters. The summed E-state index contributed by atoms with van der Waals surface area (Å²) in [6.07, 6.45) is -8.81. The smallest absolute Gasteiger partial charge is 0.311 e. The molecule has 58 heavy (non-hydrogen) atoms. The minimum Gasteiger partial charge on any atom is -0.459 e. The van der Waals surface area contributed by atoms with Gasteiger partial charge in [-0.25, -0.2) is 0 Å². The molecule has 0 aliphatic carbocycles. The lowest BCUT2D eigenvalue weighted by Gasteiger charge is -2.49. The number of ketones is 1. The van der Waals surface area contributed by atoms with E-state index in [9.17, 15) is 35.1 Å². The van der Waals surface area contributed by atoms with Crippen LogP contribution in [0.3, 0.4) is 0 Å². The lowest BCUT2D eigenvalue weighted by atomic mass is 9.73. The third-order valence-corrected chi connectivity index (χ3v) is 12.8. The van der Waals surface area contributed by atoms with Crippen molar-refractivity contribution >= 4 is 17.5 Å². The van der Waals surface area contributed by atoms with Gasteiger partial charge in [-0.2, -0.15) is 0 Å². The van der Waals surface area contributed by atoms with E-state index in [1.165, 1.54) is 21.0 Å². The van der Waals surface area contributed by atoms with E-state index in [2.05, 4.69) is 5.16 Å². The molecule has 16 heteroatoms. The Morgan fingerprint density at radius 2 is 1.59 bits per heavy atom. The highest BCUT2D eigenvalue weighted by molar-refractivity contribution is 5.88. The molecule has 0 amide bonds. The van der Waals surface area contributed by atoms with Crippen LogP contribution in [0.15, 0.2) is 5.16 Å². The summed E-state index contributed by atoms with van der Waals surface area (Å²) in [5.74, 6) is -4.13. The number of aliphatic hydroxyl groups excluding tert-OH is 3. The van der Waals surface area contributed by atoms with Crippen molar-refractivity contribution in [3.8, 4) is 0 Å². The average Bonchev–Trinajstić information content (AvgIpc) is 3.14. The summed E-state index contributed by atoms with van der Waals surface area (Å²) in [5, 5.41) is 63.6. The number of esters is 1. The highest BCUT2D eigenvalue weighted by Crippen LogP contribution is 2.41. The van der Waals surface area contributed by atoms with Gasteiger partial charge in [0.25, 0.3) is 0 Å². The van der Waals surface area contributed by atoms with Crippen molar-refractivity contribution in [2.24, 2.45) is 28.8 Å². The van der Waals surface area contributed by atoms with E-state index in [4.69, 9.17) is 33.3 Å². The second-order valence-electron chi connectivity index (χ2n) is 18.2. The van der Waals surface area contributed by atoms with E-state index < -0.39 is 102 Å². The monoisotopic (exact) mass is 833 g/mol. The first-order chi connectivity index (χ1) is 26.8. The van der Waals surface area contributed by atoms with Crippen LogP contribution in [0, 0.1) is 23.7 Å². The molecule has 3 rings (SSSR count). The molecule has 5 N–H and O–H groups in total. The number of aliphatic hydroxyl groups is 5. The number of Topliss-reactive ketones (excluding diaryl/α,β-unsaturated/α-hetero) is 1. The van der Waals surface area contributed by atoms with Gasteiger partial charge in [0.05, 0.1) is 53.4 Å². The first-order valence-corrected chi connectivity index (χ1v) is 21.0. The molecular formula is C42H76N2O14. The Balaban J connectivity index is 2.23. The van der Waals surface area contributed by atoms with Gasteiger partial charge in [-0.1, -0.05) is 32.9 Å². The number of carbonyl (C=O) groups is 2. The predicted molar refractivity (Wildman–Crippen MR) is 215 cm³/mol. The number of likely N-dealkylation sites (N-methyl/N-ethyl adjacent to an activating group) is 1. The second-order valence-corrected chi connectivity index (χ2v) is 18.2. The maximum absolute atomic E-state index is 14.3. The van der Waals surface area contributed by atoms with Gasteiger partial charge >= 0.3 is 5.97 Å². The van der Waals surface area contributed by atoms with Crippen LogP contribution in [-0.2, 0) is 42.8 Å². The van der Waals surface area contributed by atoms with E-state index >= 15 is 0 Å². The van der Waals surface area contributed by atoms with Crippen molar-refractivity contribution in [2.45, 2.75) is 199 Å². The maximum Gasteiger partial charge on any atom is 0.311 e. The average molecular weight is 833 g/mol. The molecule has 0 aromatic heterocycles. The minimum atomic E-state index is -1.97. The molecule has 3 aliphatic rings. The molecule has 0 aromatic rings. The fourth-order valence-corrected chi connectivity index (χ4v) is 9.10. The Morgan fingerprint density at radius 3 is 2.16 bits per heavy atom. The third-order valence-electron chi connectivity index (χ3n) is 12.8. The predicted octanol–water partition coefficient (Wildman–Crippen LogP) is 2.96. The van der Waals surface area contributed by atoms with E-state index in [1.54, 1.807) is 48.5 Å². The zero-order chi connectivity index (χ0) is 44.1. The van der Waals surface area contributed by atoms with Crippen molar-refractivity contribution in [1.82, 2.24) is 4.90 Å². The van der Waals surface area contributed by atoms with Crippen LogP contribution in [0.4, 0.5) is 0 Å². The van der Waals surface area contributed by atoms with Crippen LogP contribution in [0.2, 0.25) is 0 Å². The molecule has 338 valence electrons. The molecule has 0 aromatic carbocycles. The number of cyclic esters (lactones) is 1. The standard InChI is InChI=1S/C42H76N2O14/c1-15-30-42(11,51)35(47)25(5)32(43-53-18-16-17-23(3)45)22(2)20-40(9,50)37(58-39-33(46)29(44(12)13)19-24(4)54-39)26(6)34(27(7)38(49)56-30)57-31-21-41(10,52-14)36(48)28(8)55-31/h22,24-31,33-37,39,46-48,50-51H,15-21H2,1-14H3/b43-32+/t22-,24-,25+,26+,27-,28+,29+,30?,31+,33-,34?,35-,36+,37-,39+,40-,41-,42-/m1/s1. The molecule has 0 saturated carbocycles. The van der Waals surface area contributed by atoms with E-state index in [1.807, 2.05) is 32.8 Å². The van der Waals surface area contributed by atoms with Gasteiger partial charge in [-0.05, 0) is 88.2 Å². The highest BCUT2D eigenvalue weighted by atomic mass is 16.7. The van der Waals surface area contributed by atoms with Crippen LogP contribution >= 0.6 is 0 Å². The number of carbonyl (C=O) groups excluding carboxylic acids is 2. The highest BCUT2D eigenvalue weighted by Gasteiger charge is 2.53. The van der Waals surface area contributed by atoms with Gasteiger partial charge in [0, 0.05) is 43.7 Å². The van der Waals surface area contributed by atoms with Crippen molar-refractivity contribution in [3.63, 3.8) is 0 Å². The number of methoxy groups -OCH3 is 1. The SMILES string of the molecule is CCC1OC(=O)[C@H](C)C(O[C@H]2C[C@@](C)(OC)[C@@H](O)[C@H](C)O2)[C@H](C)[C@@H](O[C@@H]2O[C@H](C)C[C@H](N(C)C)[C@H]2O)[C@](C)(O)C[C@@H](C)/C(=N\OCCCC(C)=O)[C@H](C)[C@@H](O)[C@]1(C)O. The van der Waals surface area contributed by atoms with Crippen molar-refractivity contribution < 1.29 is 68.4 Å². The van der Waals surface area contributed by atoms with Crippen LogP contribution in [-0.4, -0.2) is 160 Å². The normalized spacial score (nSPS) is 45.8. The van der Waals surface area contributed by atoms with Crippen LogP contribution < -0.4 is 0 Å². The molecule has 3 aliphatic heterocycles. The quantitative estimate of drug-likeness (QED) is 0.109. The maximum atomic E-state index is 14.3. The lowest BCUT2D eigenvalue weighted by Crippen LogP contribution is -2.61. The summed E-state index contributed by atoms with van der Waals surface area (Å²) >= 11 is 0. The Hall–Kier alpha value is -1.83. The number of hydrogen-bond acceptors (Lipinski definition) is 16. The van der Waals surface area contributed by atoms with Crippen LogP contribution in [0.1, 0.15) is 115 Å². The van der Waals surface area contributed by atoms with Gasteiger partial charge in [-0.15, -0.1) is 0 Å². The number of oxime groups is 1. The van der Waals surface area contributed by atoms with Crippen LogP contribution in [0.25, 0.3) is 0 Å². The van der Waals surface area contributed by atoms with Crippen molar-refractivity contribution in [1.29, 1.82) is 0 Å². The summed E-state index contributed by atoms with van der Waals surface area (Å²) in [7, 11) is 5.21. The number of nitrogens with zero attached hydrogens (tertiary/aromatic N) is 2. The molecule has 3 saturated heterocycles. The first kappa shape index (κ1) is 50.5. The minimum absolute atomic E-state index is 0.00337.